The number of rotatable bonds is 4. The van der Waals surface area contributed by atoms with Crippen molar-refractivity contribution in [3.63, 3.8) is 0 Å². The quantitative estimate of drug-likeness (QED) is 0.806. The fourth-order valence-corrected chi connectivity index (χ4v) is 1.45. The Bertz CT molecular complexity index is 440. The summed E-state index contributed by atoms with van der Waals surface area (Å²) in [6.45, 7) is 6.25. The highest BCUT2D eigenvalue weighted by Gasteiger charge is 2.19. The maximum absolute atomic E-state index is 11.8. The Hall–Kier alpha value is -1.98. The van der Waals surface area contributed by atoms with E-state index in [4.69, 9.17) is 4.74 Å². The highest BCUT2D eigenvalue weighted by molar-refractivity contribution is 6.01. The van der Waals surface area contributed by atoms with Crippen LogP contribution in [-0.2, 0) is 4.74 Å². The van der Waals surface area contributed by atoms with E-state index in [-0.39, 0.29) is 6.03 Å². The average molecular weight is 253 g/mol. The van der Waals surface area contributed by atoms with Gasteiger partial charge < -0.3 is 19.9 Å². The lowest BCUT2D eigenvalue weighted by molar-refractivity contribution is 0.0527. The van der Waals surface area contributed by atoms with Gasteiger partial charge in [0, 0.05) is 25.5 Å². The zero-order chi connectivity index (χ0) is 13.7. The Morgan fingerprint density at radius 3 is 2.67 bits per heavy atom. The summed E-state index contributed by atoms with van der Waals surface area (Å²) in [4.78, 5) is 27.9. The van der Waals surface area contributed by atoms with Crippen LogP contribution in [0.1, 0.15) is 29.9 Å². The second kappa shape index (κ2) is 6.09. The van der Waals surface area contributed by atoms with Crippen LogP contribution in [0.2, 0.25) is 0 Å². The van der Waals surface area contributed by atoms with E-state index in [9.17, 15) is 9.59 Å². The molecule has 0 aliphatic carbocycles. The number of carbonyl (C=O) groups excluding carboxylic acids is 2. The summed E-state index contributed by atoms with van der Waals surface area (Å²) >= 11 is 0. The van der Waals surface area contributed by atoms with Crippen LogP contribution in [0.4, 0.5) is 10.5 Å². The molecule has 0 spiro atoms. The molecular weight excluding hydrogens is 234 g/mol. The summed E-state index contributed by atoms with van der Waals surface area (Å²) in [6, 6.07) is -0.262. The first-order valence-corrected chi connectivity index (χ1v) is 5.88. The van der Waals surface area contributed by atoms with E-state index in [1.165, 1.54) is 4.90 Å². The Balaban J connectivity index is 2.90. The fourth-order valence-electron chi connectivity index (χ4n) is 1.45. The number of esters is 1. The molecule has 0 atom stereocenters. The summed E-state index contributed by atoms with van der Waals surface area (Å²) in [5.74, 6) is -0.439. The number of aromatic nitrogens is 1. The van der Waals surface area contributed by atoms with E-state index in [0.717, 1.165) is 0 Å². The van der Waals surface area contributed by atoms with E-state index in [1.54, 1.807) is 27.1 Å². The zero-order valence-electron chi connectivity index (χ0n) is 11.2. The van der Waals surface area contributed by atoms with Crippen molar-refractivity contribution in [2.45, 2.75) is 20.8 Å². The van der Waals surface area contributed by atoms with Crippen LogP contribution in [0.15, 0.2) is 6.20 Å². The molecule has 100 valence electrons. The number of nitrogens with zero attached hydrogens (tertiary/aromatic N) is 1. The molecule has 0 aliphatic heterocycles. The third-order valence-electron chi connectivity index (χ3n) is 2.62. The number of carbonyl (C=O) groups is 2. The van der Waals surface area contributed by atoms with Crippen LogP contribution in [0.3, 0.4) is 0 Å². The highest BCUT2D eigenvalue weighted by atomic mass is 16.5. The lowest BCUT2D eigenvalue weighted by Gasteiger charge is -2.15. The van der Waals surface area contributed by atoms with Gasteiger partial charge in [0.2, 0.25) is 0 Å². The minimum absolute atomic E-state index is 0.262. The van der Waals surface area contributed by atoms with Crippen molar-refractivity contribution in [2.24, 2.45) is 0 Å². The van der Waals surface area contributed by atoms with Crippen molar-refractivity contribution in [1.29, 1.82) is 0 Å². The molecule has 18 heavy (non-hydrogen) atoms. The third kappa shape index (κ3) is 3.03. The molecule has 0 bridgehead atoms. The maximum Gasteiger partial charge on any atom is 0.342 e. The number of urea groups is 1. The van der Waals surface area contributed by atoms with Crippen molar-refractivity contribution in [1.82, 2.24) is 9.88 Å². The predicted octanol–water partition coefficient (Wildman–Crippen LogP) is 1.98. The topological polar surface area (TPSA) is 74.4 Å². The Labute approximate surface area is 106 Å². The monoisotopic (exact) mass is 253 g/mol. The normalized spacial score (nSPS) is 10.0. The minimum atomic E-state index is -0.439. The van der Waals surface area contributed by atoms with Gasteiger partial charge >= 0.3 is 12.0 Å². The molecule has 0 unspecified atom stereocenters. The Morgan fingerprint density at radius 2 is 2.11 bits per heavy atom. The van der Waals surface area contributed by atoms with Crippen molar-refractivity contribution < 1.29 is 14.3 Å². The molecule has 2 amide bonds. The SMILES string of the molecule is CCOC(=O)c1c(NC(=O)N(C)CC)c[nH]c1C. The number of amides is 2. The van der Waals surface area contributed by atoms with Crippen molar-refractivity contribution in [3.05, 3.63) is 17.5 Å². The van der Waals surface area contributed by atoms with E-state index in [2.05, 4.69) is 10.3 Å². The van der Waals surface area contributed by atoms with Crippen LogP contribution in [0.5, 0.6) is 0 Å². The summed E-state index contributed by atoms with van der Waals surface area (Å²) in [6.07, 6.45) is 1.59. The molecule has 6 nitrogen and oxygen atoms in total. The summed E-state index contributed by atoms with van der Waals surface area (Å²) in [5.41, 5.74) is 1.48. The van der Waals surface area contributed by atoms with E-state index < -0.39 is 5.97 Å². The number of hydrogen-bond donors (Lipinski definition) is 2. The first-order chi connectivity index (χ1) is 8.51. The summed E-state index contributed by atoms with van der Waals surface area (Å²) < 4.78 is 4.95. The molecular formula is C12H19N3O3. The van der Waals surface area contributed by atoms with Crippen molar-refractivity contribution in [2.75, 3.05) is 25.5 Å². The van der Waals surface area contributed by atoms with Gasteiger partial charge in [0.25, 0.3) is 0 Å². The number of anilines is 1. The lowest BCUT2D eigenvalue weighted by atomic mass is 10.2. The predicted molar refractivity (Wildman–Crippen MR) is 68.8 cm³/mol. The van der Waals surface area contributed by atoms with Gasteiger partial charge in [-0.15, -0.1) is 0 Å². The van der Waals surface area contributed by atoms with Crippen LogP contribution < -0.4 is 5.32 Å². The number of ether oxygens (including phenoxy) is 1. The second-order valence-corrected chi connectivity index (χ2v) is 3.87. The standard InChI is InChI=1S/C12H19N3O3/c1-5-15(4)12(17)14-9-7-13-8(3)10(9)11(16)18-6-2/h7,13H,5-6H2,1-4H3,(H,14,17). The van der Waals surface area contributed by atoms with Crippen LogP contribution in [-0.4, -0.2) is 42.1 Å². The number of H-pyrrole nitrogens is 1. The molecule has 1 aromatic rings. The molecule has 2 N–H and O–H groups in total. The molecule has 0 aliphatic rings. The van der Waals surface area contributed by atoms with Gasteiger partial charge in [-0.1, -0.05) is 0 Å². The smallest absolute Gasteiger partial charge is 0.342 e. The molecule has 1 heterocycles. The van der Waals surface area contributed by atoms with E-state index in [0.29, 0.717) is 30.1 Å². The lowest BCUT2D eigenvalue weighted by Crippen LogP contribution is -2.31. The molecule has 0 radical (unpaired) electrons. The summed E-state index contributed by atoms with van der Waals surface area (Å²) in [7, 11) is 1.68. The maximum atomic E-state index is 11.8. The third-order valence-corrected chi connectivity index (χ3v) is 2.62. The molecule has 1 aromatic heterocycles. The number of aromatic amines is 1. The zero-order valence-corrected chi connectivity index (χ0v) is 11.2. The van der Waals surface area contributed by atoms with Gasteiger partial charge in [-0.25, -0.2) is 9.59 Å². The van der Waals surface area contributed by atoms with Gasteiger partial charge in [0.05, 0.1) is 12.3 Å². The number of nitrogens with one attached hydrogen (secondary N) is 2. The van der Waals surface area contributed by atoms with Crippen LogP contribution >= 0.6 is 0 Å². The molecule has 1 rings (SSSR count). The van der Waals surface area contributed by atoms with Gasteiger partial charge in [0.1, 0.15) is 5.56 Å². The van der Waals surface area contributed by atoms with Gasteiger partial charge in [-0.3, -0.25) is 0 Å². The Kier molecular flexibility index (Phi) is 4.76. The molecule has 0 fully saturated rings. The van der Waals surface area contributed by atoms with Gasteiger partial charge in [0.15, 0.2) is 0 Å². The first kappa shape index (κ1) is 14.1. The van der Waals surface area contributed by atoms with Crippen molar-refractivity contribution in [3.8, 4) is 0 Å². The average Bonchev–Trinajstić information content (AvgIpc) is 2.69. The molecule has 6 heteroatoms. The fraction of sp³-hybridized carbons (Fsp3) is 0.500. The first-order valence-electron chi connectivity index (χ1n) is 5.88. The summed E-state index contributed by atoms with van der Waals surface area (Å²) in [5, 5.41) is 2.68. The van der Waals surface area contributed by atoms with Crippen LogP contribution in [0.25, 0.3) is 0 Å². The van der Waals surface area contributed by atoms with Gasteiger partial charge in [-0.2, -0.15) is 0 Å². The number of aryl methyl sites for hydroxylation is 1. The largest absolute Gasteiger partial charge is 0.462 e. The van der Waals surface area contributed by atoms with Crippen molar-refractivity contribution >= 4 is 17.7 Å². The van der Waals surface area contributed by atoms with Crippen LogP contribution in [0, 0.1) is 6.92 Å². The van der Waals surface area contributed by atoms with E-state index in [1.807, 2.05) is 6.92 Å². The molecule has 0 saturated carbocycles. The second-order valence-electron chi connectivity index (χ2n) is 3.87. The molecule has 0 aromatic carbocycles. The number of hydrogen-bond acceptors (Lipinski definition) is 3. The Morgan fingerprint density at radius 1 is 1.44 bits per heavy atom. The minimum Gasteiger partial charge on any atom is -0.462 e. The molecule has 0 saturated heterocycles. The van der Waals surface area contributed by atoms with E-state index >= 15 is 0 Å². The highest BCUT2D eigenvalue weighted by Crippen LogP contribution is 2.20. The van der Waals surface area contributed by atoms with Gasteiger partial charge in [-0.05, 0) is 20.8 Å².